The molecule has 0 aliphatic rings. The van der Waals surface area contributed by atoms with Gasteiger partial charge in [0.25, 0.3) is 0 Å². The Balaban J connectivity index is 1.73. The van der Waals surface area contributed by atoms with Crippen LogP contribution in [0.25, 0.3) is 0 Å². The molecule has 0 radical (unpaired) electrons. The lowest BCUT2D eigenvalue weighted by molar-refractivity contribution is 0.687. The highest BCUT2D eigenvalue weighted by Gasteiger charge is 1.94. The van der Waals surface area contributed by atoms with E-state index in [1.807, 2.05) is 6.07 Å². The molecule has 1 nitrogen and oxygen atoms in total. The summed E-state index contributed by atoms with van der Waals surface area (Å²) in [5.74, 6) is 0. The second kappa shape index (κ2) is 6.58. The van der Waals surface area contributed by atoms with Crippen LogP contribution in [0.5, 0.6) is 0 Å². The van der Waals surface area contributed by atoms with Gasteiger partial charge in [-0.3, -0.25) is 0 Å². The van der Waals surface area contributed by atoms with E-state index in [1.165, 1.54) is 11.1 Å². The summed E-state index contributed by atoms with van der Waals surface area (Å²) in [4.78, 5) is 0. The Kier molecular flexibility index (Phi) is 4.77. The molecule has 17 heavy (non-hydrogen) atoms. The molecule has 0 aromatic heterocycles. The first kappa shape index (κ1) is 12.3. The third-order valence-corrected chi connectivity index (χ3v) is 3.14. The standard InChI is InChI=1S/C15H16BrN/c16-15-8-4-7-13(11-15)9-10-17-12-14-5-2-1-3-6-14/h1-8,11,17H,9-10,12H2. The van der Waals surface area contributed by atoms with Gasteiger partial charge in [-0.2, -0.15) is 0 Å². The smallest absolute Gasteiger partial charge is 0.0205 e. The van der Waals surface area contributed by atoms with Gasteiger partial charge in [-0.1, -0.05) is 58.4 Å². The van der Waals surface area contributed by atoms with E-state index in [2.05, 4.69) is 69.8 Å². The maximum absolute atomic E-state index is 3.49. The van der Waals surface area contributed by atoms with Crippen LogP contribution in [0.1, 0.15) is 11.1 Å². The van der Waals surface area contributed by atoms with Crippen LogP contribution in [0, 0.1) is 0 Å². The monoisotopic (exact) mass is 289 g/mol. The van der Waals surface area contributed by atoms with Crippen LogP contribution in [0.3, 0.4) is 0 Å². The van der Waals surface area contributed by atoms with Gasteiger partial charge in [0.05, 0.1) is 0 Å². The van der Waals surface area contributed by atoms with Crippen molar-refractivity contribution >= 4 is 15.9 Å². The van der Waals surface area contributed by atoms with Crippen molar-refractivity contribution in [3.63, 3.8) is 0 Å². The summed E-state index contributed by atoms with van der Waals surface area (Å²) in [5, 5.41) is 3.45. The molecule has 0 spiro atoms. The number of hydrogen-bond acceptors (Lipinski definition) is 1. The minimum Gasteiger partial charge on any atom is -0.312 e. The summed E-state index contributed by atoms with van der Waals surface area (Å²) in [6.45, 7) is 1.94. The van der Waals surface area contributed by atoms with E-state index in [0.717, 1.165) is 24.0 Å². The van der Waals surface area contributed by atoms with Crippen molar-refractivity contribution in [2.45, 2.75) is 13.0 Å². The van der Waals surface area contributed by atoms with Crippen molar-refractivity contribution in [1.29, 1.82) is 0 Å². The number of benzene rings is 2. The zero-order chi connectivity index (χ0) is 11.9. The summed E-state index contributed by atoms with van der Waals surface area (Å²) in [7, 11) is 0. The molecule has 2 heteroatoms. The van der Waals surface area contributed by atoms with Gasteiger partial charge in [-0.25, -0.2) is 0 Å². The second-order valence-corrected chi connectivity index (χ2v) is 4.96. The second-order valence-electron chi connectivity index (χ2n) is 4.04. The van der Waals surface area contributed by atoms with E-state index in [0.29, 0.717) is 0 Å². The molecule has 0 saturated heterocycles. The summed E-state index contributed by atoms with van der Waals surface area (Å²) in [6, 6.07) is 19.0. The fourth-order valence-electron chi connectivity index (χ4n) is 1.75. The molecular formula is C15H16BrN. The molecule has 0 fully saturated rings. The van der Waals surface area contributed by atoms with Gasteiger partial charge in [0.15, 0.2) is 0 Å². The molecule has 0 heterocycles. The van der Waals surface area contributed by atoms with Gasteiger partial charge in [0, 0.05) is 11.0 Å². The van der Waals surface area contributed by atoms with Crippen molar-refractivity contribution in [3.05, 3.63) is 70.2 Å². The lowest BCUT2D eigenvalue weighted by Crippen LogP contribution is -2.16. The van der Waals surface area contributed by atoms with Crippen molar-refractivity contribution in [1.82, 2.24) is 5.32 Å². The number of rotatable bonds is 5. The van der Waals surface area contributed by atoms with Crippen LogP contribution in [0.4, 0.5) is 0 Å². The zero-order valence-electron chi connectivity index (χ0n) is 9.70. The van der Waals surface area contributed by atoms with E-state index in [-0.39, 0.29) is 0 Å². The molecule has 0 amide bonds. The summed E-state index contributed by atoms with van der Waals surface area (Å²) in [5.41, 5.74) is 2.70. The number of nitrogens with one attached hydrogen (secondary N) is 1. The average molecular weight is 290 g/mol. The van der Waals surface area contributed by atoms with Crippen molar-refractivity contribution in [2.24, 2.45) is 0 Å². The predicted octanol–water partition coefficient (Wildman–Crippen LogP) is 3.78. The fourth-order valence-corrected chi connectivity index (χ4v) is 2.20. The van der Waals surface area contributed by atoms with Crippen molar-refractivity contribution in [3.8, 4) is 0 Å². The van der Waals surface area contributed by atoms with E-state index < -0.39 is 0 Å². The Labute approximate surface area is 111 Å². The Morgan fingerprint density at radius 3 is 2.41 bits per heavy atom. The Morgan fingerprint density at radius 2 is 1.65 bits per heavy atom. The topological polar surface area (TPSA) is 12.0 Å². The van der Waals surface area contributed by atoms with Gasteiger partial charge < -0.3 is 5.32 Å². The van der Waals surface area contributed by atoms with E-state index in [4.69, 9.17) is 0 Å². The minimum absolute atomic E-state index is 0.939. The third-order valence-electron chi connectivity index (χ3n) is 2.65. The largest absolute Gasteiger partial charge is 0.312 e. The number of hydrogen-bond donors (Lipinski definition) is 1. The normalized spacial score (nSPS) is 10.4. The first-order valence-electron chi connectivity index (χ1n) is 5.84. The third kappa shape index (κ3) is 4.33. The highest BCUT2D eigenvalue weighted by atomic mass is 79.9. The van der Waals surface area contributed by atoms with Crippen molar-refractivity contribution in [2.75, 3.05) is 6.54 Å². The van der Waals surface area contributed by atoms with Gasteiger partial charge in [0.1, 0.15) is 0 Å². The first-order chi connectivity index (χ1) is 8.34. The fraction of sp³-hybridized carbons (Fsp3) is 0.200. The first-order valence-corrected chi connectivity index (χ1v) is 6.63. The molecule has 0 saturated carbocycles. The van der Waals surface area contributed by atoms with Crippen LogP contribution < -0.4 is 5.32 Å². The lowest BCUT2D eigenvalue weighted by Gasteiger charge is -2.05. The summed E-state index contributed by atoms with van der Waals surface area (Å²) >= 11 is 3.49. The molecule has 1 N–H and O–H groups in total. The van der Waals surface area contributed by atoms with E-state index >= 15 is 0 Å². The van der Waals surface area contributed by atoms with E-state index in [1.54, 1.807) is 0 Å². The highest BCUT2D eigenvalue weighted by molar-refractivity contribution is 9.10. The predicted molar refractivity (Wildman–Crippen MR) is 76.0 cm³/mol. The molecule has 0 aliphatic heterocycles. The molecule has 88 valence electrons. The van der Waals surface area contributed by atoms with Gasteiger partial charge >= 0.3 is 0 Å². The minimum atomic E-state index is 0.939. The molecule has 2 aromatic carbocycles. The molecular weight excluding hydrogens is 274 g/mol. The lowest BCUT2D eigenvalue weighted by atomic mass is 10.1. The molecule has 0 unspecified atom stereocenters. The average Bonchev–Trinajstić information content (AvgIpc) is 2.36. The van der Waals surface area contributed by atoms with Crippen LogP contribution in [-0.2, 0) is 13.0 Å². The van der Waals surface area contributed by atoms with Crippen LogP contribution in [0.15, 0.2) is 59.1 Å². The zero-order valence-corrected chi connectivity index (χ0v) is 11.3. The van der Waals surface area contributed by atoms with E-state index in [9.17, 15) is 0 Å². The Bertz CT molecular complexity index is 453. The molecule has 0 aliphatic carbocycles. The van der Waals surface area contributed by atoms with Gasteiger partial charge in [-0.15, -0.1) is 0 Å². The van der Waals surface area contributed by atoms with Gasteiger partial charge in [-0.05, 0) is 36.2 Å². The maximum Gasteiger partial charge on any atom is 0.0205 e. The Morgan fingerprint density at radius 1 is 0.882 bits per heavy atom. The van der Waals surface area contributed by atoms with Gasteiger partial charge in [0.2, 0.25) is 0 Å². The van der Waals surface area contributed by atoms with Crippen LogP contribution in [0.2, 0.25) is 0 Å². The Hall–Kier alpha value is -1.12. The van der Waals surface area contributed by atoms with Crippen molar-refractivity contribution < 1.29 is 0 Å². The van der Waals surface area contributed by atoms with Crippen LogP contribution in [-0.4, -0.2) is 6.54 Å². The molecule has 2 rings (SSSR count). The number of halogens is 1. The SMILES string of the molecule is Brc1cccc(CCNCc2ccccc2)c1. The molecule has 0 atom stereocenters. The molecule has 0 bridgehead atoms. The quantitative estimate of drug-likeness (QED) is 0.826. The van der Waals surface area contributed by atoms with Crippen LogP contribution >= 0.6 is 15.9 Å². The highest BCUT2D eigenvalue weighted by Crippen LogP contribution is 2.11. The maximum atomic E-state index is 3.49. The molecule has 2 aromatic rings. The summed E-state index contributed by atoms with van der Waals surface area (Å²) in [6.07, 6.45) is 1.06. The summed E-state index contributed by atoms with van der Waals surface area (Å²) < 4.78 is 1.15.